The van der Waals surface area contributed by atoms with E-state index in [-0.39, 0.29) is 0 Å². The lowest BCUT2D eigenvalue weighted by molar-refractivity contribution is 0.569. The molecule has 0 spiro atoms. The summed E-state index contributed by atoms with van der Waals surface area (Å²) in [6.07, 6.45) is 5.88. The fraction of sp³-hybridized carbons (Fsp3) is 0.476. The molecule has 0 fully saturated rings. The summed E-state index contributed by atoms with van der Waals surface area (Å²) in [4.78, 5) is 0. The van der Waals surface area contributed by atoms with E-state index in [1.165, 1.54) is 36.0 Å². The minimum Gasteiger partial charge on any atom is -0.125 e. The van der Waals surface area contributed by atoms with E-state index in [1.54, 1.807) is 0 Å². The molecule has 1 aromatic carbocycles. The number of unbranched alkanes of at least 4 members (excludes halogenated alkanes) is 1. The first kappa shape index (κ1) is 17.5. The van der Waals surface area contributed by atoms with Crippen LogP contribution in [0.15, 0.2) is 60.4 Å². The highest BCUT2D eigenvalue weighted by molar-refractivity contribution is 5.29. The second kappa shape index (κ2) is 9.42. The van der Waals surface area contributed by atoms with Crippen molar-refractivity contribution in [1.82, 2.24) is 0 Å². The Hall–Kier alpha value is -1.52. The lowest BCUT2D eigenvalue weighted by Gasteiger charge is -2.18. The van der Waals surface area contributed by atoms with E-state index in [1.807, 2.05) is 0 Å². The maximum absolute atomic E-state index is 4.28. The molecular formula is C21H30. The SMILES string of the molecule is C=C=C(C(=C)CC[C@@H](C)c1ccccc1)C(C)CCCC. The molecule has 0 N–H and O–H groups in total. The maximum atomic E-state index is 4.28. The highest BCUT2D eigenvalue weighted by Gasteiger charge is 2.13. The van der Waals surface area contributed by atoms with Crippen molar-refractivity contribution in [3.05, 3.63) is 65.9 Å². The first-order chi connectivity index (χ1) is 10.1. The topological polar surface area (TPSA) is 0 Å². The Labute approximate surface area is 131 Å². The van der Waals surface area contributed by atoms with E-state index >= 15 is 0 Å². The lowest BCUT2D eigenvalue weighted by atomic mass is 9.86. The Kier molecular flexibility index (Phi) is 7.87. The molecule has 2 atom stereocenters. The van der Waals surface area contributed by atoms with Crippen molar-refractivity contribution in [1.29, 1.82) is 0 Å². The van der Waals surface area contributed by atoms with Gasteiger partial charge in [-0.05, 0) is 47.8 Å². The Morgan fingerprint density at radius 1 is 1.14 bits per heavy atom. The van der Waals surface area contributed by atoms with Gasteiger partial charge in [0.1, 0.15) is 0 Å². The van der Waals surface area contributed by atoms with Crippen molar-refractivity contribution < 1.29 is 0 Å². The molecule has 0 heteroatoms. The van der Waals surface area contributed by atoms with Gasteiger partial charge in [-0.15, -0.1) is 5.73 Å². The van der Waals surface area contributed by atoms with Crippen molar-refractivity contribution in [2.24, 2.45) is 5.92 Å². The Balaban J connectivity index is 2.54. The van der Waals surface area contributed by atoms with Crippen LogP contribution >= 0.6 is 0 Å². The van der Waals surface area contributed by atoms with Crippen molar-refractivity contribution in [2.75, 3.05) is 0 Å². The van der Waals surface area contributed by atoms with E-state index in [2.05, 4.69) is 70.0 Å². The molecular weight excluding hydrogens is 252 g/mol. The summed E-state index contributed by atoms with van der Waals surface area (Å²) in [5, 5.41) is 0. The van der Waals surface area contributed by atoms with E-state index in [0.717, 1.165) is 12.8 Å². The maximum Gasteiger partial charge on any atom is -0.00122 e. The van der Waals surface area contributed by atoms with Crippen LogP contribution in [0.25, 0.3) is 0 Å². The van der Waals surface area contributed by atoms with Crippen LogP contribution in [0.1, 0.15) is 64.4 Å². The summed E-state index contributed by atoms with van der Waals surface area (Å²) in [7, 11) is 0. The predicted octanol–water partition coefficient (Wildman–Crippen LogP) is 6.66. The number of hydrogen-bond acceptors (Lipinski definition) is 0. The van der Waals surface area contributed by atoms with Gasteiger partial charge < -0.3 is 0 Å². The molecule has 0 aliphatic rings. The number of benzene rings is 1. The van der Waals surface area contributed by atoms with Crippen LogP contribution in [0.3, 0.4) is 0 Å². The minimum absolute atomic E-state index is 0.530. The molecule has 114 valence electrons. The van der Waals surface area contributed by atoms with Gasteiger partial charge in [-0.2, -0.15) is 0 Å². The predicted molar refractivity (Wildman–Crippen MR) is 94.6 cm³/mol. The van der Waals surface area contributed by atoms with Gasteiger partial charge in [0.25, 0.3) is 0 Å². The quantitative estimate of drug-likeness (QED) is 0.351. The third-order valence-electron chi connectivity index (χ3n) is 4.30. The van der Waals surface area contributed by atoms with Gasteiger partial charge in [0.2, 0.25) is 0 Å². The molecule has 0 bridgehead atoms. The van der Waals surface area contributed by atoms with E-state index in [9.17, 15) is 0 Å². The molecule has 1 unspecified atom stereocenters. The molecule has 0 aliphatic carbocycles. The molecule has 0 radical (unpaired) electrons. The molecule has 0 nitrogen and oxygen atoms in total. The van der Waals surface area contributed by atoms with Crippen molar-refractivity contribution in [2.45, 2.75) is 58.8 Å². The van der Waals surface area contributed by atoms with E-state index < -0.39 is 0 Å². The fourth-order valence-corrected chi connectivity index (χ4v) is 2.78. The number of allylic oxidation sites excluding steroid dienone is 2. The summed E-state index contributed by atoms with van der Waals surface area (Å²) in [6.45, 7) is 15.0. The van der Waals surface area contributed by atoms with Crippen LogP contribution in [0.5, 0.6) is 0 Å². The molecule has 0 heterocycles. The summed E-state index contributed by atoms with van der Waals surface area (Å²) in [6, 6.07) is 10.7. The van der Waals surface area contributed by atoms with Gasteiger partial charge in [0.15, 0.2) is 0 Å². The zero-order valence-electron chi connectivity index (χ0n) is 14.0. The first-order valence-electron chi connectivity index (χ1n) is 8.23. The van der Waals surface area contributed by atoms with Crippen molar-refractivity contribution in [3.8, 4) is 0 Å². The van der Waals surface area contributed by atoms with Crippen LogP contribution in [-0.2, 0) is 0 Å². The highest BCUT2D eigenvalue weighted by Crippen LogP contribution is 2.29. The summed E-state index contributed by atoms with van der Waals surface area (Å²) >= 11 is 0. The summed E-state index contributed by atoms with van der Waals surface area (Å²) in [5.74, 6) is 1.10. The molecule has 0 amide bonds. The third-order valence-corrected chi connectivity index (χ3v) is 4.30. The van der Waals surface area contributed by atoms with Crippen LogP contribution in [0.4, 0.5) is 0 Å². The van der Waals surface area contributed by atoms with Crippen LogP contribution in [-0.4, -0.2) is 0 Å². The fourth-order valence-electron chi connectivity index (χ4n) is 2.78. The van der Waals surface area contributed by atoms with Gasteiger partial charge in [-0.1, -0.05) is 77.1 Å². The average molecular weight is 282 g/mol. The largest absolute Gasteiger partial charge is 0.125 e. The minimum atomic E-state index is 0.530. The highest BCUT2D eigenvalue weighted by atomic mass is 14.2. The Morgan fingerprint density at radius 2 is 1.81 bits per heavy atom. The molecule has 0 saturated carbocycles. The van der Waals surface area contributed by atoms with E-state index in [0.29, 0.717) is 11.8 Å². The normalized spacial score (nSPS) is 13.3. The monoisotopic (exact) mass is 282 g/mol. The van der Waals surface area contributed by atoms with Crippen LogP contribution in [0, 0.1) is 5.92 Å². The molecule has 1 rings (SSSR count). The zero-order valence-corrected chi connectivity index (χ0v) is 14.0. The van der Waals surface area contributed by atoms with Crippen molar-refractivity contribution in [3.63, 3.8) is 0 Å². The van der Waals surface area contributed by atoms with Crippen LogP contribution in [0.2, 0.25) is 0 Å². The van der Waals surface area contributed by atoms with Crippen molar-refractivity contribution >= 4 is 0 Å². The van der Waals surface area contributed by atoms with Gasteiger partial charge >= 0.3 is 0 Å². The first-order valence-corrected chi connectivity index (χ1v) is 8.23. The standard InChI is InChI=1S/C21H30/c1-6-8-12-18(4)21(7-2)19(5)16-15-17(3)20-13-10-9-11-14-20/h9-11,13-14,17-18H,2,5-6,8,12,15-16H2,1,3-4H3/t17-,18?/m1/s1. The van der Waals surface area contributed by atoms with Gasteiger partial charge in [0.05, 0.1) is 0 Å². The molecule has 1 aromatic rings. The molecule has 21 heavy (non-hydrogen) atoms. The average Bonchev–Trinajstić information content (AvgIpc) is 2.52. The Morgan fingerprint density at radius 3 is 2.38 bits per heavy atom. The molecule has 0 aliphatic heterocycles. The second-order valence-corrected chi connectivity index (χ2v) is 6.09. The van der Waals surface area contributed by atoms with Gasteiger partial charge in [-0.25, -0.2) is 0 Å². The smallest absolute Gasteiger partial charge is 0.00122 e. The van der Waals surface area contributed by atoms with Gasteiger partial charge in [-0.3, -0.25) is 0 Å². The van der Waals surface area contributed by atoms with Gasteiger partial charge in [0, 0.05) is 0 Å². The molecule has 0 saturated heterocycles. The molecule has 0 aromatic heterocycles. The van der Waals surface area contributed by atoms with E-state index in [4.69, 9.17) is 0 Å². The third kappa shape index (κ3) is 5.78. The number of hydrogen-bond donors (Lipinski definition) is 0. The lowest BCUT2D eigenvalue weighted by Crippen LogP contribution is -2.03. The zero-order chi connectivity index (χ0) is 15.7. The Bertz CT molecular complexity index is 474. The summed E-state index contributed by atoms with van der Waals surface area (Å²) < 4.78 is 0. The number of rotatable bonds is 9. The van der Waals surface area contributed by atoms with Crippen LogP contribution < -0.4 is 0 Å². The summed E-state index contributed by atoms with van der Waals surface area (Å²) in [5.41, 5.74) is 7.01. The second-order valence-electron chi connectivity index (χ2n) is 6.09.